The first-order valence-electron chi connectivity index (χ1n) is 9.30. The van der Waals surface area contributed by atoms with Gasteiger partial charge in [0.1, 0.15) is 18.0 Å². The highest BCUT2D eigenvalue weighted by molar-refractivity contribution is 5.94. The van der Waals surface area contributed by atoms with Gasteiger partial charge < -0.3 is 20.2 Å². The van der Waals surface area contributed by atoms with E-state index in [4.69, 9.17) is 10.5 Å². The van der Waals surface area contributed by atoms with Crippen LogP contribution < -0.4 is 15.8 Å². The van der Waals surface area contributed by atoms with Crippen molar-refractivity contribution in [1.29, 1.82) is 0 Å². The van der Waals surface area contributed by atoms with E-state index < -0.39 is 0 Å². The lowest BCUT2D eigenvalue weighted by Gasteiger charge is -2.16. The lowest BCUT2D eigenvalue weighted by molar-refractivity contribution is 0.0933. The smallest absolute Gasteiger partial charge is 0.251 e. The van der Waals surface area contributed by atoms with E-state index in [9.17, 15) is 4.79 Å². The first kappa shape index (κ1) is 23.0. The molecule has 1 aliphatic carbocycles. The molecule has 0 radical (unpaired) electrons. The molecule has 0 aliphatic heterocycles. The van der Waals surface area contributed by atoms with E-state index in [1.54, 1.807) is 12.1 Å². The minimum atomic E-state index is -0.106. The number of benzene rings is 1. The summed E-state index contributed by atoms with van der Waals surface area (Å²) in [5.41, 5.74) is 9.26. The second kappa shape index (κ2) is 9.96. The standard InChI is InChI=1S/C21H24N4O2.2ClH/c1-14-5-8-20-23-17(12-25(20)11-14)13-27-18-4-2-3-16(9-18)21(26)24-19(10-22)15-6-7-15;;/h2-5,8-9,11-12,15,19H,6-7,10,13,22H2,1H3,(H,24,26);2*1H. The molecule has 1 amide bonds. The number of halogens is 2. The number of nitrogens with one attached hydrogen (secondary N) is 1. The van der Waals surface area contributed by atoms with Crippen LogP contribution in [0.15, 0.2) is 48.8 Å². The molecule has 2 heterocycles. The summed E-state index contributed by atoms with van der Waals surface area (Å²) in [6.07, 6.45) is 6.28. The molecule has 6 nitrogen and oxygen atoms in total. The summed E-state index contributed by atoms with van der Waals surface area (Å²) in [6, 6.07) is 11.3. The summed E-state index contributed by atoms with van der Waals surface area (Å²) < 4.78 is 7.84. The Bertz CT molecular complexity index is 972. The molecule has 3 N–H and O–H groups in total. The number of carbonyl (C=O) groups is 1. The number of fused-ring (bicyclic) bond motifs is 1. The number of aromatic nitrogens is 2. The molecule has 4 rings (SSSR count). The molecule has 1 aliphatic rings. The Kier molecular flexibility index (Phi) is 7.90. The Labute approximate surface area is 182 Å². The predicted molar refractivity (Wildman–Crippen MR) is 118 cm³/mol. The highest BCUT2D eigenvalue weighted by Gasteiger charge is 2.31. The zero-order valence-electron chi connectivity index (χ0n) is 16.2. The van der Waals surface area contributed by atoms with Crippen LogP contribution in [0.25, 0.3) is 5.65 Å². The largest absolute Gasteiger partial charge is 0.487 e. The van der Waals surface area contributed by atoms with E-state index in [0.717, 1.165) is 24.2 Å². The second-order valence-corrected chi connectivity index (χ2v) is 7.17. The Morgan fingerprint density at radius 1 is 1.28 bits per heavy atom. The van der Waals surface area contributed by atoms with Gasteiger partial charge in [0, 0.05) is 30.5 Å². The maximum absolute atomic E-state index is 12.5. The van der Waals surface area contributed by atoms with E-state index in [1.807, 2.05) is 48.0 Å². The van der Waals surface area contributed by atoms with Crippen molar-refractivity contribution in [1.82, 2.24) is 14.7 Å². The summed E-state index contributed by atoms with van der Waals surface area (Å²) in [4.78, 5) is 17.0. The molecule has 3 aromatic rings. The van der Waals surface area contributed by atoms with Crippen molar-refractivity contribution in [2.45, 2.75) is 32.4 Å². The van der Waals surface area contributed by atoms with Gasteiger partial charge in [-0.05, 0) is 55.5 Å². The average Bonchev–Trinajstić information content (AvgIpc) is 3.44. The molecule has 2 aromatic heterocycles. The number of nitrogens with two attached hydrogens (primary N) is 1. The number of nitrogens with zero attached hydrogens (tertiary/aromatic N) is 2. The molecule has 1 saturated carbocycles. The monoisotopic (exact) mass is 436 g/mol. The molecule has 0 saturated heterocycles. The molecular weight excluding hydrogens is 411 g/mol. The fraction of sp³-hybridized carbons (Fsp3) is 0.333. The minimum Gasteiger partial charge on any atom is -0.487 e. The molecule has 8 heteroatoms. The number of pyridine rings is 1. The lowest BCUT2D eigenvalue weighted by atomic mass is 10.1. The van der Waals surface area contributed by atoms with Crippen LogP contribution in [0.5, 0.6) is 5.75 Å². The van der Waals surface area contributed by atoms with Gasteiger partial charge in [0.25, 0.3) is 5.91 Å². The third-order valence-corrected chi connectivity index (χ3v) is 4.89. The number of aryl methyl sites for hydroxylation is 1. The predicted octanol–water partition coefficient (Wildman–Crippen LogP) is 3.53. The van der Waals surface area contributed by atoms with Crippen LogP contribution >= 0.6 is 24.8 Å². The van der Waals surface area contributed by atoms with Gasteiger partial charge in [-0.1, -0.05) is 12.1 Å². The Morgan fingerprint density at radius 3 is 2.79 bits per heavy atom. The van der Waals surface area contributed by atoms with E-state index in [0.29, 0.717) is 30.4 Å². The molecule has 1 atom stereocenters. The minimum absolute atomic E-state index is 0. The second-order valence-electron chi connectivity index (χ2n) is 7.17. The lowest BCUT2D eigenvalue weighted by Crippen LogP contribution is -2.41. The third-order valence-electron chi connectivity index (χ3n) is 4.89. The molecule has 0 bridgehead atoms. The molecule has 1 aromatic carbocycles. The fourth-order valence-electron chi connectivity index (χ4n) is 3.23. The molecule has 29 heavy (non-hydrogen) atoms. The number of amides is 1. The van der Waals surface area contributed by atoms with Gasteiger partial charge in [-0.25, -0.2) is 4.98 Å². The first-order chi connectivity index (χ1) is 13.1. The number of rotatable bonds is 7. The van der Waals surface area contributed by atoms with E-state index in [1.165, 1.54) is 5.56 Å². The van der Waals surface area contributed by atoms with E-state index >= 15 is 0 Å². The van der Waals surface area contributed by atoms with E-state index in [-0.39, 0.29) is 36.8 Å². The highest BCUT2D eigenvalue weighted by atomic mass is 35.5. The third kappa shape index (κ3) is 5.63. The Morgan fingerprint density at radius 2 is 2.07 bits per heavy atom. The van der Waals surface area contributed by atoms with Gasteiger partial charge in [-0.2, -0.15) is 0 Å². The van der Waals surface area contributed by atoms with Crippen LogP contribution in [-0.4, -0.2) is 27.9 Å². The summed E-state index contributed by atoms with van der Waals surface area (Å²) >= 11 is 0. The number of hydrogen-bond acceptors (Lipinski definition) is 4. The Hall–Kier alpha value is -2.28. The van der Waals surface area contributed by atoms with Crippen molar-refractivity contribution >= 4 is 36.4 Å². The molecule has 1 fully saturated rings. The van der Waals surface area contributed by atoms with Crippen molar-refractivity contribution in [3.05, 3.63) is 65.6 Å². The van der Waals surface area contributed by atoms with Crippen LogP contribution in [0.3, 0.4) is 0 Å². The molecular formula is C21H26Cl2N4O2. The number of imidazole rings is 1. The molecule has 0 spiro atoms. The number of hydrogen-bond donors (Lipinski definition) is 2. The zero-order chi connectivity index (χ0) is 18.8. The summed E-state index contributed by atoms with van der Waals surface area (Å²) in [5, 5.41) is 3.03. The van der Waals surface area contributed by atoms with Gasteiger partial charge in [0.2, 0.25) is 0 Å². The average molecular weight is 437 g/mol. The topological polar surface area (TPSA) is 81.6 Å². The fourth-order valence-corrected chi connectivity index (χ4v) is 3.23. The van der Waals surface area contributed by atoms with Crippen molar-refractivity contribution in [3.8, 4) is 5.75 Å². The van der Waals surface area contributed by atoms with E-state index in [2.05, 4.69) is 10.3 Å². The quantitative estimate of drug-likeness (QED) is 0.593. The first-order valence-corrected chi connectivity index (χ1v) is 9.30. The van der Waals surface area contributed by atoms with Crippen LogP contribution in [0, 0.1) is 12.8 Å². The molecule has 1 unspecified atom stereocenters. The number of ether oxygens (including phenoxy) is 1. The van der Waals surface area contributed by atoms with Crippen LogP contribution in [0.4, 0.5) is 0 Å². The Balaban J connectivity index is 0.00000150. The van der Waals surface area contributed by atoms with Gasteiger partial charge in [0.15, 0.2) is 0 Å². The SMILES string of the molecule is Cc1ccc2nc(COc3cccc(C(=O)NC(CN)C4CC4)c3)cn2c1.Cl.Cl. The normalized spacial score (nSPS) is 13.9. The number of carbonyl (C=O) groups excluding carboxylic acids is 1. The van der Waals surface area contributed by atoms with Crippen LogP contribution in [0.1, 0.15) is 34.5 Å². The summed E-state index contributed by atoms with van der Waals surface area (Å²) in [6.45, 7) is 2.86. The maximum Gasteiger partial charge on any atom is 0.251 e. The van der Waals surface area contributed by atoms with Gasteiger partial charge in [-0.3, -0.25) is 4.79 Å². The van der Waals surface area contributed by atoms with Gasteiger partial charge in [-0.15, -0.1) is 24.8 Å². The zero-order valence-corrected chi connectivity index (χ0v) is 17.8. The van der Waals surface area contributed by atoms with Crippen molar-refractivity contribution in [3.63, 3.8) is 0 Å². The van der Waals surface area contributed by atoms with Gasteiger partial charge >= 0.3 is 0 Å². The maximum atomic E-state index is 12.5. The van der Waals surface area contributed by atoms with Crippen LogP contribution in [0.2, 0.25) is 0 Å². The van der Waals surface area contributed by atoms with Crippen molar-refractivity contribution in [2.24, 2.45) is 11.7 Å². The molecule has 156 valence electrons. The van der Waals surface area contributed by atoms with Crippen LogP contribution in [-0.2, 0) is 6.61 Å². The van der Waals surface area contributed by atoms with Crippen molar-refractivity contribution < 1.29 is 9.53 Å². The summed E-state index contributed by atoms with van der Waals surface area (Å²) in [5.74, 6) is 1.06. The van der Waals surface area contributed by atoms with Crippen molar-refractivity contribution in [2.75, 3.05) is 6.54 Å². The highest BCUT2D eigenvalue weighted by Crippen LogP contribution is 2.32. The van der Waals surface area contributed by atoms with Gasteiger partial charge in [0.05, 0.1) is 5.69 Å². The summed E-state index contributed by atoms with van der Waals surface area (Å²) in [7, 11) is 0.